The maximum atomic E-state index is 8.44. The normalized spacial score (nSPS) is 27.5. The van der Waals surface area contributed by atoms with Crippen LogP contribution < -0.4 is 11.1 Å². The molecule has 1 aliphatic rings. The van der Waals surface area contributed by atoms with Crippen molar-refractivity contribution in [2.24, 2.45) is 11.1 Å². The minimum atomic E-state index is 0.265. The Bertz CT molecular complexity index is 218. The van der Waals surface area contributed by atoms with E-state index in [1.165, 1.54) is 6.42 Å². The molecular weight excluding hydrogens is 198 g/mol. The molecular formula is C13H27N3. The fourth-order valence-corrected chi connectivity index (χ4v) is 2.14. The molecule has 3 heteroatoms. The zero-order chi connectivity index (χ0) is 12.6. The van der Waals surface area contributed by atoms with E-state index in [1.807, 2.05) is 13.8 Å². The largest absolute Gasteiger partial charge is 0.326 e. The summed E-state index contributed by atoms with van der Waals surface area (Å²) in [5, 5.41) is 11.8. The molecule has 3 N–H and O–H groups in total. The van der Waals surface area contributed by atoms with E-state index in [4.69, 9.17) is 11.0 Å². The van der Waals surface area contributed by atoms with Crippen LogP contribution in [0.3, 0.4) is 0 Å². The van der Waals surface area contributed by atoms with Gasteiger partial charge in [-0.05, 0) is 24.7 Å². The molecule has 0 heterocycles. The highest BCUT2D eigenvalue weighted by molar-refractivity contribution is 4.91. The standard InChI is InChI=1S/C11H21N3.C2H6/c1-11(2)5-4-9(13)10(8-11)14-7-3-6-12;1-2/h9-10,14H,3-5,7-8,13H2,1-2H3;1-2H3. The monoisotopic (exact) mass is 225 g/mol. The summed E-state index contributed by atoms with van der Waals surface area (Å²) in [6.07, 6.45) is 4.01. The first-order valence-electron chi connectivity index (χ1n) is 6.41. The Kier molecular flexibility index (Phi) is 7.36. The number of nitrogens with one attached hydrogen (secondary N) is 1. The fraction of sp³-hybridized carbons (Fsp3) is 0.923. The van der Waals surface area contributed by atoms with Crippen LogP contribution in [-0.4, -0.2) is 18.6 Å². The van der Waals surface area contributed by atoms with Crippen molar-refractivity contribution in [1.29, 1.82) is 5.26 Å². The van der Waals surface area contributed by atoms with Crippen molar-refractivity contribution < 1.29 is 0 Å². The van der Waals surface area contributed by atoms with Gasteiger partial charge in [-0.1, -0.05) is 27.7 Å². The molecule has 1 saturated carbocycles. The summed E-state index contributed by atoms with van der Waals surface area (Å²) in [7, 11) is 0. The van der Waals surface area contributed by atoms with Crippen molar-refractivity contribution in [1.82, 2.24) is 5.32 Å². The highest BCUT2D eigenvalue weighted by atomic mass is 15.0. The van der Waals surface area contributed by atoms with Crippen LogP contribution in [0.1, 0.15) is 53.4 Å². The lowest BCUT2D eigenvalue weighted by Crippen LogP contribution is -2.51. The van der Waals surface area contributed by atoms with E-state index in [9.17, 15) is 0 Å². The number of hydrogen-bond acceptors (Lipinski definition) is 3. The van der Waals surface area contributed by atoms with Gasteiger partial charge in [-0.2, -0.15) is 5.26 Å². The van der Waals surface area contributed by atoms with E-state index >= 15 is 0 Å². The number of hydrogen-bond donors (Lipinski definition) is 2. The van der Waals surface area contributed by atoms with Gasteiger partial charge in [0.2, 0.25) is 0 Å². The van der Waals surface area contributed by atoms with E-state index < -0.39 is 0 Å². The van der Waals surface area contributed by atoms with Gasteiger partial charge in [-0.15, -0.1) is 0 Å². The topological polar surface area (TPSA) is 61.8 Å². The van der Waals surface area contributed by atoms with E-state index in [0.29, 0.717) is 17.9 Å². The van der Waals surface area contributed by atoms with Crippen LogP contribution in [0.25, 0.3) is 0 Å². The van der Waals surface area contributed by atoms with Crippen LogP contribution in [0.15, 0.2) is 0 Å². The Morgan fingerprint density at radius 3 is 2.62 bits per heavy atom. The van der Waals surface area contributed by atoms with Crippen molar-refractivity contribution in [2.75, 3.05) is 6.54 Å². The predicted molar refractivity (Wildman–Crippen MR) is 69.0 cm³/mol. The molecule has 0 aromatic heterocycles. The van der Waals surface area contributed by atoms with Gasteiger partial charge in [0.1, 0.15) is 0 Å². The van der Waals surface area contributed by atoms with Crippen molar-refractivity contribution in [3.63, 3.8) is 0 Å². The molecule has 2 unspecified atom stereocenters. The summed E-state index contributed by atoms with van der Waals surface area (Å²) >= 11 is 0. The quantitative estimate of drug-likeness (QED) is 0.725. The van der Waals surface area contributed by atoms with Gasteiger partial charge in [0, 0.05) is 25.0 Å². The molecule has 16 heavy (non-hydrogen) atoms. The van der Waals surface area contributed by atoms with Gasteiger partial charge in [0.05, 0.1) is 6.07 Å². The Labute approximate surface area is 100 Å². The average molecular weight is 225 g/mol. The first kappa shape index (κ1) is 15.4. The van der Waals surface area contributed by atoms with Gasteiger partial charge in [0.25, 0.3) is 0 Å². The third-order valence-corrected chi connectivity index (χ3v) is 3.09. The molecule has 1 fully saturated rings. The molecule has 0 aliphatic heterocycles. The predicted octanol–water partition coefficient (Wildman–Crippen LogP) is 2.42. The van der Waals surface area contributed by atoms with Crippen molar-refractivity contribution in [2.45, 2.75) is 65.5 Å². The van der Waals surface area contributed by atoms with E-state index in [2.05, 4.69) is 25.2 Å². The molecule has 0 saturated heterocycles. The van der Waals surface area contributed by atoms with Crippen molar-refractivity contribution in [3.8, 4) is 6.07 Å². The van der Waals surface area contributed by atoms with Crippen molar-refractivity contribution >= 4 is 0 Å². The minimum absolute atomic E-state index is 0.265. The smallest absolute Gasteiger partial charge is 0.0635 e. The van der Waals surface area contributed by atoms with Crippen LogP contribution in [0.4, 0.5) is 0 Å². The summed E-state index contributed by atoms with van der Waals surface area (Å²) < 4.78 is 0. The second-order valence-electron chi connectivity index (χ2n) is 5.04. The van der Waals surface area contributed by atoms with Gasteiger partial charge >= 0.3 is 0 Å². The van der Waals surface area contributed by atoms with Crippen LogP contribution in [0.2, 0.25) is 0 Å². The lowest BCUT2D eigenvalue weighted by molar-refractivity contribution is 0.178. The molecule has 0 radical (unpaired) electrons. The van der Waals surface area contributed by atoms with Crippen LogP contribution in [0, 0.1) is 16.7 Å². The maximum absolute atomic E-state index is 8.44. The Balaban J connectivity index is 0.00000106. The third kappa shape index (κ3) is 5.48. The van der Waals surface area contributed by atoms with Gasteiger partial charge in [-0.3, -0.25) is 0 Å². The zero-order valence-electron chi connectivity index (χ0n) is 11.2. The summed E-state index contributed by atoms with van der Waals surface area (Å²) in [4.78, 5) is 0. The van der Waals surface area contributed by atoms with Crippen LogP contribution >= 0.6 is 0 Å². The maximum Gasteiger partial charge on any atom is 0.0635 e. The van der Waals surface area contributed by atoms with Crippen LogP contribution in [-0.2, 0) is 0 Å². The summed E-state index contributed by atoms with van der Waals surface area (Å²) in [5.41, 5.74) is 6.44. The molecule has 0 amide bonds. The molecule has 3 nitrogen and oxygen atoms in total. The highest BCUT2D eigenvalue weighted by Crippen LogP contribution is 2.34. The number of nitriles is 1. The molecule has 0 spiro atoms. The molecule has 0 aromatic carbocycles. The first-order chi connectivity index (χ1) is 7.55. The minimum Gasteiger partial charge on any atom is -0.326 e. The van der Waals surface area contributed by atoms with Gasteiger partial charge in [0.15, 0.2) is 0 Å². The lowest BCUT2D eigenvalue weighted by Gasteiger charge is -2.39. The van der Waals surface area contributed by atoms with E-state index in [-0.39, 0.29) is 6.04 Å². The highest BCUT2D eigenvalue weighted by Gasteiger charge is 2.32. The number of nitrogens with zero attached hydrogens (tertiary/aromatic N) is 1. The molecule has 1 aliphatic carbocycles. The fourth-order valence-electron chi connectivity index (χ4n) is 2.14. The number of nitrogens with two attached hydrogens (primary N) is 1. The number of rotatable bonds is 3. The summed E-state index contributed by atoms with van der Waals surface area (Å²) in [5.74, 6) is 0. The van der Waals surface area contributed by atoms with Gasteiger partial charge in [-0.25, -0.2) is 0 Å². The van der Waals surface area contributed by atoms with E-state index in [1.54, 1.807) is 0 Å². The average Bonchev–Trinajstić information content (AvgIpc) is 2.26. The van der Waals surface area contributed by atoms with Crippen LogP contribution in [0.5, 0.6) is 0 Å². The summed E-state index contributed by atoms with van der Waals surface area (Å²) in [6, 6.07) is 2.80. The Morgan fingerprint density at radius 1 is 1.44 bits per heavy atom. The Hall–Kier alpha value is -0.590. The Morgan fingerprint density at radius 2 is 2.06 bits per heavy atom. The SMILES string of the molecule is CC.CC1(C)CCC(N)C(NCCC#N)C1. The molecule has 1 rings (SSSR count). The summed E-state index contributed by atoms with van der Waals surface area (Å²) in [6.45, 7) is 9.35. The molecule has 0 aromatic rings. The first-order valence-corrected chi connectivity index (χ1v) is 6.41. The lowest BCUT2D eigenvalue weighted by atomic mass is 9.73. The molecule has 0 bridgehead atoms. The second kappa shape index (κ2) is 7.65. The molecule has 2 atom stereocenters. The third-order valence-electron chi connectivity index (χ3n) is 3.09. The second-order valence-corrected chi connectivity index (χ2v) is 5.04. The van der Waals surface area contributed by atoms with Gasteiger partial charge < -0.3 is 11.1 Å². The zero-order valence-corrected chi connectivity index (χ0v) is 11.2. The van der Waals surface area contributed by atoms with Crippen molar-refractivity contribution in [3.05, 3.63) is 0 Å². The molecule has 94 valence electrons. The van der Waals surface area contributed by atoms with E-state index in [0.717, 1.165) is 19.4 Å².